The first-order valence-corrected chi connectivity index (χ1v) is 7.83. The van der Waals surface area contributed by atoms with E-state index in [2.05, 4.69) is 38.6 Å². The van der Waals surface area contributed by atoms with E-state index in [1.807, 2.05) is 19.9 Å². The van der Waals surface area contributed by atoms with Crippen molar-refractivity contribution in [2.45, 2.75) is 33.7 Å². The molecule has 2 aromatic rings. The fourth-order valence-electron chi connectivity index (χ4n) is 3.08. The van der Waals surface area contributed by atoms with E-state index in [-0.39, 0.29) is 5.56 Å². The Balaban J connectivity index is 1.95. The van der Waals surface area contributed by atoms with Crippen LogP contribution in [0.2, 0.25) is 0 Å². The monoisotopic (exact) mass is 301 g/mol. The smallest absolute Gasteiger partial charge is 0.273 e. The molecule has 0 radical (unpaired) electrons. The topological polar surface area (TPSA) is 65.1 Å². The number of aryl methyl sites for hydroxylation is 2. The summed E-state index contributed by atoms with van der Waals surface area (Å²) in [5.41, 5.74) is 2.19. The van der Waals surface area contributed by atoms with E-state index in [1.165, 1.54) is 0 Å². The Kier molecular flexibility index (Phi) is 3.87. The van der Waals surface area contributed by atoms with Crippen molar-refractivity contribution in [1.29, 1.82) is 0 Å². The highest BCUT2D eigenvalue weighted by Crippen LogP contribution is 2.19. The van der Waals surface area contributed by atoms with Gasteiger partial charge in [0.2, 0.25) is 0 Å². The molecule has 0 unspecified atom stereocenters. The van der Waals surface area contributed by atoms with Crippen LogP contribution < -0.4 is 10.5 Å². The Morgan fingerprint density at radius 1 is 1.14 bits per heavy atom. The third kappa shape index (κ3) is 2.70. The lowest BCUT2D eigenvalue weighted by atomic mass is 10.2. The van der Waals surface area contributed by atoms with Crippen LogP contribution in [-0.2, 0) is 0 Å². The summed E-state index contributed by atoms with van der Waals surface area (Å²) < 4.78 is 0. The lowest BCUT2D eigenvalue weighted by molar-refractivity contribution is 0.209. The minimum atomic E-state index is -0.0667. The molecule has 2 aromatic heterocycles. The Morgan fingerprint density at radius 2 is 1.82 bits per heavy atom. The zero-order valence-corrected chi connectivity index (χ0v) is 13.7. The van der Waals surface area contributed by atoms with Gasteiger partial charge in [0, 0.05) is 37.6 Å². The molecule has 0 aromatic carbocycles. The van der Waals surface area contributed by atoms with Crippen LogP contribution in [0, 0.1) is 13.8 Å². The first-order chi connectivity index (χ1) is 10.5. The lowest BCUT2D eigenvalue weighted by Crippen LogP contribution is -2.50. The predicted octanol–water partition coefficient (Wildman–Crippen LogP) is 1.47. The van der Waals surface area contributed by atoms with Gasteiger partial charge >= 0.3 is 0 Å². The summed E-state index contributed by atoms with van der Waals surface area (Å²) in [6, 6.07) is 2.49. The molecule has 118 valence electrons. The average Bonchev–Trinajstić information content (AvgIpc) is 2.46. The van der Waals surface area contributed by atoms with Crippen LogP contribution in [0.25, 0.3) is 11.0 Å². The predicted molar refractivity (Wildman–Crippen MR) is 88.6 cm³/mol. The van der Waals surface area contributed by atoms with Gasteiger partial charge in [0.25, 0.3) is 5.56 Å². The van der Waals surface area contributed by atoms with Gasteiger partial charge in [-0.25, -0.2) is 9.97 Å². The van der Waals surface area contributed by atoms with Gasteiger partial charge in [0.15, 0.2) is 0 Å². The van der Waals surface area contributed by atoms with Crippen LogP contribution in [-0.4, -0.2) is 52.1 Å². The molecule has 1 N–H and O–H groups in total. The van der Waals surface area contributed by atoms with Crippen molar-refractivity contribution >= 4 is 16.7 Å². The Morgan fingerprint density at radius 3 is 2.45 bits per heavy atom. The fraction of sp³-hybridized carbons (Fsp3) is 0.562. The minimum absolute atomic E-state index is 0.0667. The number of fused-ring (bicyclic) bond motifs is 1. The van der Waals surface area contributed by atoms with Gasteiger partial charge in [0.05, 0.1) is 5.69 Å². The second-order valence-corrected chi connectivity index (χ2v) is 6.22. The maximum Gasteiger partial charge on any atom is 0.273 e. The number of aromatic nitrogens is 3. The summed E-state index contributed by atoms with van der Waals surface area (Å²) in [5, 5.41) is 0.923. The zero-order valence-electron chi connectivity index (χ0n) is 13.7. The maximum absolute atomic E-state index is 12.4. The van der Waals surface area contributed by atoms with Crippen molar-refractivity contribution in [2.75, 3.05) is 31.1 Å². The van der Waals surface area contributed by atoms with E-state index < -0.39 is 0 Å². The molecular weight excluding hydrogens is 278 g/mol. The number of nitrogens with zero attached hydrogens (tertiary/aromatic N) is 4. The molecule has 0 saturated carbocycles. The Labute approximate surface area is 130 Å². The standard InChI is InChI=1S/C16H23N5O/c1-10(2)20-5-7-21(8-6-20)14-9-13-11(3)17-12(4)18-15(13)19-16(14)22/h9-10H,5-8H2,1-4H3,(H,17,18,19,22). The Hall–Kier alpha value is -1.95. The van der Waals surface area contributed by atoms with E-state index >= 15 is 0 Å². The number of anilines is 1. The van der Waals surface area contributed by atoms with Gasteiger partial charge in [-0.3, -0.25) is 9.69 Å². The van der Waals surface area contributed by atoms with Gasteiger partial charge in [-0.05, 0) is 33.8 Å². The third-order valence-electron chi connectivity index (χ3n) is 4.38. The van der Waals surface area contributed by atoms with E-state index in [0.29, 0.717) is 17.5 Å². The molecule has 0 bridgehead atoms. The second kappa shape index (κ2) is 5.68. The molecule has 0 spiro atoms. The van der Waals surface area contributed by atoms with Crippen LogP contribution in [0.4, 0.5) is 5.69 Å². The second-order valence-electron chi connectivity index (χ2n) is 6.22. The van der Waals surface area contributed by atoms with Crippen molar-refractivity contribution in [1.82, 2.24) is 19.9 Å². The third-order valence-corrected chi connectivity index (χ3v) is 4.38. The maximum atomic E-state index is 12.4. The number of nitrogens with one attached hydrogen (secondary N) is 1. The highest BCUT2D eigenvalue weighted by Gasteiger charge is 2.21. The quantitative estimate of drug-likeness (QED) is 0.910. The number of pyridine rings is 1. The molecular formula is C16H23N5O. The molecule has 22 heavy (non-hydrogen) atoms. The molecule has 6 nitrogen and oxygen atoms in total. The molecule has 1 saturated heterocycles. The fourth-order valence-corrected chi connectivity index (χ4v) is 3.08. The summed E-state index contributed by atoms with van der Waals surface area (Å²) in [4.78, 5) is 28.6. The van der Waals surface area contributed by atoms with Crippen molar-refractivity contribution in [3.8, 4) is 0 Å². The number of piperazine rings is 1. The lowest BCUT2D eigenvalue weighted by Gasteiger charge is -2.37. The zero-order chi connectivity index (χ0) is 15.9. The Bertz CT molecular complexity index is 744. The molecule has 0 atom stereocenters. The summed E-state index contributed by atoms with van der Waals surface area (Å²) >= 11 is 0. The van der Waals surface area contributed by atoms with Crippen molar-refractivity contribution < 1.29 is 0 Å². The molecule has 1 aliphatic rings. The van der Waals surface area contributed by atoms with Crippen molar-refractivity contribution in [3.05, 3.63) is 27.9 Å². The number of rotatable bonds is 2. The molecule has 0 amide bonds. The van der Waals surface area contributed by atoms with Gasteiger partial charge < -0.3 is 9.88 Å². The summed E-state index contributed by atoms with van der Waals surface area (Å²) in [5.74, 6) is 0.680. The molecule has 3 heterocycles. The molecule has 3 rings (SSSR count). The average molecular weight is 301 g/mol. The molecule has 1 fully saturated rings. The highest BCUT2D eigenvalue weighted by molar-refractivity contribution is 5.80. The van der Waals surface area contributed by atoms with E-state index in [0.717, 1.165) is 42.9 Å². The summed E-state index contributed by atoms with van der Waals surface area (Å²) in [6.07, 6.45) is 0. The van der Waals surface area contributed by atoms with Gasteiger partial charge in [-0.2, -0.15) is 0 Å². The minimum Gasteiger partial charge on any atom is -0.364 e. The highest BCUT2D eigenvalue weighted by atomic mass is 16.1. The largest absolute Gasteiger partial charge is 0.364 e. The molecule has 1 aliphatic heterocycles. The number of aromatic amines is 1. The number of H-pyrrole nitrogens is 1. The van der Waals surface area contributed by atoms with Crippen LogP contribution in [0.1, 0.15) is 25.4 Å². The summed E-state index contributed by atoms with van der Waals surface area (Å²) in [6.45, 7) is 11.9. The normalized spacial score (nSPS) is 16.7. The number of hydrogen-bond acceptors (Lipinski definition) is 5. The van der Waals surface area contributed by atoms with Gasteiger partial charge in [0.1, 0.15) is 17.2 Å². The van der Waals surface area contributed by atoms with Crippen LogP contribution in [0.15, 0.2) is 10.9 Å². The SMILES string of the molecule is Cc1nc(C)c2cc(N3CCN(C(C)C)CC3)c(=O)[nH]c2n1. The first-order valence-electron chi connectivity index (χ1n) is 7.83. The van der Waals surface area contributed by atoms with Crippen LogP contribution in [0.5, 0.6) is 0 Å². The van der Waals surface area contributed by atoms with Crippen molar-refractivity contribution in [3.63, 3.8) is 0 Å². The van der Waals surface area contributed by atoms with E-state index in [1.54, 1.807) is 0 Å². The van der Waals surface area contributed by atoms with Gasteiger partial charge in [-0.15, -0.1) is 0 Å². The summed E-state index contributed by atoms with van der Waals surface area (Å²) in [7, 11) is 0. The van der Waals surface area contributed by atoms with Crippen molar-refractivity contribution in [2.24, 2.45) is 0 Å². The van der Waals surface area contributed by atoms with Crippen LogP contribution >= 0.6 is 0 Å². The molecule has 0 aliphatic carbocycles. The van der Waals surface area contributed by atoms with E-state index in [9.17, 15) is 4.79 Å². The number of hydrogen-bond donors (Lipinski definition) is 1. The van der Waals surface area contributed by atoms with Gasteiger partial charge in [-0.1, -0.05) is 0 Å². The first kappa shape index (κ1) is 15.0. The van der Waals surface area contributed by atoms with E-state index in [4.69, 9.17) is 0 Å². The van der Waals surface area contributed by atoms with Crippen LogP contribution in [0.3, 0.4) is 0 Å². The molecule has 6 heteroatoms.